The van der Waals surface area contributed by atoms with Crippen molar-refractivity contribution >= 4 is 22.3 Å². The van der Waals surface area contributed by atoms with Gasteiger partial charge in [-0.2, -0.15) is 18.3 Å². The maximum absolute atomic E-state index is 14.8. The number of anilines is 2. The van der Waals surface area contributed by atoms with E-state index in [-0.39, 0.29) is 16.9 Å². The van der Waals surface area contributed by atoms with E-state index in [0.717, 1.165) is 25.5 Å². The number of hydrogen-bond acceptors (Lipinski definition) is 8. The van der Waals surface area contributed by atoms with Crippen LogP contribution in [0, 0.1) is 5.82 Å². The minimum atomic E-state index is -4.74. The number of rotatable bonds is 5. The Balaban J connectivity index is 0.000000247. The average molecular weight is 548 g/mol. The highest BCUT2D eigenvalue weighted by molar-refractivity contribution is 5.86. The van der Waals surface area contributed by atoms with Gasteiger partial charge in [0.1, 0.15) is 18.0 Å². The van der Waals surface area contributed by atoms with Gasteiger partial charge in [-0.25, -0.2) is 19.5 Å². The Hall–Kier alpha value is -4.49. The minimum absolute atomic E-state index is 0.171. The molecule has 0 fully saturated rings. The fourth-order valence-electron chi connectivity index (χ4n) is 3.95. The van der Waals surface area contributed by atoms with Crippen molar-refractivity contribution in [3.05, 3.63) is 68.9 Å². The van der Waals surface area contributed by atoms with Crippen LogP contribution in [0.25, 0.3) is 22.2 Å². The van der Waals surface area contributed by atoms with E-state index in [4.69, 9.17) is 10.5 Å². The largest absolute Gasteiger partial charge is 0.486 e. The zero-order chi connectivity index (χ0) is 28.2. The Labute approximate surface area is 218 Å². The van der Waals surface area contributed by atoms with Crippen LogP contribution in [-0.4, -0.2) is 37.9 Å². The number of pyridine rings is 1. The summed E-state index contributed by atoms with van der Waals surface area (Å²) in [5.41, 5.74) is 1.59. The number of fused-ring (bicyclic) bond motifs is 2. The van der Waals surface area contributed by atoms with Crippen LogP contribution in [0.3, 0.4) is 0 Å². The molecular weight excluding hydrogens is 522 g/mol. The van der Waals surface area contributed by atoms with E-state index >= 15 is 0 Å². The first-order valence-electron chi connectivity index (χ1n) is 12.1. The van der Waals surface area contributed by atoms with Crippen LogP contribution in [0.2, 0.25) is 0 Å². The number of H-pyrrole nitrogens is 1. The van der Waals surface area contributed by atoms with Gasteiger partial charge in [-0.05, 0) is 30.0 Å². The molecule has 39 heavy (non-hydrogen) atoms. The smallest absolute Gasteiger partial charge is 0.423 e. The molecule has 1 aliphatic heterocycles. The van der Waals surface area contributed by atoms with Gasteiger partial charge in [0, 0.05) is 12.7 Å². The Morgan fingerprint density at radius 2 is 1.97 bits per heavy atom. The van der Waals surface area contributed by atoms with Crippen LogP contribution in [0.1, 0.15) is 31.7 Å². The maximum atomic E-state index is 14.8. The van der Waals surface area contributed by atoms with E-state index in [1.807, 2.05) is 6.07 Å². The van der Waals surface area contributed by atoms with Crippen LogP contribution in [0.5, 0.6) is 5.75 Å². The van der Waals surface area contributed by atoms with E-state index < -0.39 is 28.8 Å². The monoisotopic (exact) mass is 547 g/mol. The van der Waals surface area contributed by atoms with Gasteiger partial charge in [0.2, 0.25) is 0 Å². The fourth-order valence-corrected chi connectivity index (χ4v) is 3.95. The van der Waals surface area contributed by atoms with Gasteiger partial charge < -0.3 is 20.4 Å². The topological polar surface area (TPSA) is 141 Å². The van der Waals surface area contributed by atoms with Crippen LogP contribution in [0.4, 0.5) is 29.1 Å². The molecule has 0 saturated heterocycles. The molecule has 4 N–H and O–H groups in total. The number of nitrogens with zero attached hydrogens (tertiary/aromatic N) is 4. The number of ether oxygens (including phenoxy) is 1. The van der Waals surface area contributed by atoms with Gasteiger partial charge in [-0.3, -0.25) is 9.59 Å². The summed E-state index contributed by atoms with van der Waals surface area (Å²) in [5, 5.41) is 8.90. The Morgan fingerprint density at radius 3 is 2.67 bits per heavy atom. The van der Waals surface area contributed by atoms with Crippen LogP contribution in [-0.2, 0) is 12.7 Å². The highest BCUT2D eigenvalue weighted by atomic mass is 19.4. The lowest BCUT2D eigenvalue weighted by molar-refractivity contribution is -0.138. The van der Waals surface area contributed by atoms with Crippen LogP contribution in [0.15, 0.2) is 46.4 Å². The van der Waals surface area contributed by atoms with Crippen molar-refractivity contribution in [1.29, 1.82) is 0 Å². The molecule has 0 bridgehead atoms. The Bertz CT molecular complexity index is 1600. The quantitative estimate of drug-likeness (QED) is 0.252. The van der Waals surface area contributed by atoms with E-state index in [1.54, 1.807) is 28.1 Å². The fraction of sp³-hybridized carbons (Fsp3) is 0.320. The Morgan fingerprint density at radius 1 is 1.18 bits per heavy atom. The molecule has 1 aromatic carbocycles. The number of alkyl halides is 3. The Kier molecular flexibility index (Phi) is 8.12. The van der Waals surface area contributed by atoms with Gasteiger partial charge >= 0.3 is 6.18 Å². The van der Waals surface area contributed by atoms with Gasteiger partial charge in [0.15, 0.2) is 17.4 Å². The number of nitrogens with two attached hydrogens (primary N) is 1. The van der Waals surface area contributed by atoms with Gasteiger partial charge in [-0.15, -0.1) is 0 Å². The average Bonchev–Trinajstić information content (AvgIpc) is 2.89. The number of benzene rings is 1. The number of hydrogen-bond donors (Lipinski definition) is 3. The second-order valence-corrected chi connectivity index (χ2v) is 8.65. The van der Waals surface area contributed by atoms with Crippen molar-refractivity contribution in [2.75, 3.05) is 24.2 Å². The molecule has 1 aliphatic rings. The lowest BCUT2D eigenvalue weighted by atomic mass is 10.1. The molecule has 5 rings (SSSR count). The number of halogens is 4. The molecule has 10 nitrogen and oxygen atoms in total. The number of nitrogens with one attached hydrogen (secondary N) is 2. The van der Waals surface area contributed by atoms with Crippen molar-refractivity contribution in [3.63, 3.8) is 0 Å². The van der Waals surface area contributed by atoms with E-state index in [1.165, 1.54) is 6.07 Å². The summed E-state index contributed by atoms with van der Waals surface area (Å²) in [6.45, 7) is 3.95. The number of aromatic amines is 1. The normalized spacial score (nSPS) is 12.6. The first kappa shape index (κ1) is 27.5. The second kappa shape index (κ2) is 11.5. The van der Waals surface area contributed by atoms with Crippen molar-refractivity contribution in [1.82, 2.24) is 24.7 Å². The molecule has 0 atom stereocenters. The zero-order valence-corrected chi connectivity index (χ0v) is 20.8. The SMILES string of the molecule is CCCCCn1ccc2cc(-c3ncc4c(n3)NCCO4)c(F)cc2c1=O.Nc1cn[nH]c(=O)c1C(F)(F)F. The predicted molar refractivity (Wildman–Crippen MR) is 137 cm³/mol. The second-order valence-electron chi connectivity index (χ2n) is 8.65. The van der Waals surface area contributed by atoms with Crippen LogP contribution < -0.4 is 26.9 Å². The molecule has 0 radical (unpaired) electrons. The first-order valence-corrected chi connectivity index (χ1v) is 12.1. The van der Waals surface area contributed by atoms with E-state index in [9.17, 15) is 27.2 Å². The van der Waals surface area contributed by atoms with Crippen molar-refractivity contribution < 1.29 is 22.3 Å². The van der Waals surface area contributed by atoms with Gasteiger partial charge in [0.25, 0.3) is 11.1 Å². The van der Waals surface area contributed by atoms with E-state index in [0.29, 0.717) is 42.0 Å². The van der Waals surface area contributed by atoms with Crippen LogP contribution >= 0.6 is 0 Å². The molecule has 0 unspecified atom stereocenters. The number of nitrogen functional groups attached to an aromatic ring is 1. The van der Waals surface area contributed by atoms with Crippen molar-refractivity contribution in [2.24, 2.45) is 0 Å². The van der Waals surface area contributed by atoms with Crippen molar-refractivity contribution in [3.8, 4) is 17.1 Å². The minimum Gasteiger partial charge on any atom is -0.486 e. The zero-order valence-electron chi connectivity index (χ0n) is 20.8. The maximum Gasteiger partial charge on any atom is 0.423 e. The van der Waals surface area contributed by atoms with Crippen molar-refractivity contribution in [2.45, 2.75) is 38.9 Å². The van der Waals surface area contributed by atoms with Gasteiger partial charge in [0.05, 0.1) is 35.6 Å². The first-order chi connectivity index (χ1) is 18.6. The number of aryl methyl sites for hydroxylation is 1. The summed E-state index contributed by atoms with van der Waals surface area (Å²) in [5.74, 6) is 0.860. The standard InChI is InChI=1S/C20H21FN4O2.C5H4F3N3O/c1-2-3-4-7-25-8-5-13-10-15(16(21)11-14(13)20(25)26)18-23-12-17-19(24-18)22-6-9-27-17;6-5(7,8)3-2(9)1-10-11-4(3)12/h5,8,10-12H,2-4,6-7,9H2,1H3,(H,22,23,24);1H,(H3,9,11,12). The summed E-state index contributed by atoms with van der Waals surface area (Å²) in [4.78, 5) is 31.8. The lowest BCUT2D eigenvalue weighted by Crippen LogP contribution is -2.24. The molecule has 0 saturated carbocycles. The third kappa shape index (κ3) is 6.16. The molecule has 0 aliphatic carbocycles. The molecular formula is C25H25F4N7O3. The highest BCUT2D eigenvalue weighted by Gasteiger charge is 2.36. The predicted octanol–water partition coefficient (Wildman–Crippen LogP) is 3.96. The lowest BCUT2D eigenvalue weighted by Gasteiger charge is -2.18. The summed E-state index contributed by atoms with van der Waals surface area (Å²) >= 11 is 0. The molecule has 3 aromatic heterocycles. The third-order valence-corrected chi connectivity index (χ3v) is 5.88. The molecule has 14 heteroatoms. The number of unbranched alkanes of at least 4 members (excludes halogenated alkanes) is 2. The molecule has 206 valence electrons. The summed E-state index contributed by atoms with van der Waals surface area (Å²) in [7, 11) is 0. The summed E-state index contributed by atoms with van der Waals surface area (Å²) in [6.07, 6.45) is 2.39. The molecule has 4 heterocycles. The summed E-state index contributed by atoms with van der Waals surface area (Å²) in [6, 6.07) is 4.76. The highest BCUT2D eigenvalue weighted by Crippen LogP contribution is 2.30. The molecule has 0 spiro atoms. The van der Waals surface area contributed by atoms with Gasteiger partial charge in [-0.1, -0.05) is 19.8 Å². The molecule has 0 amide bonds. The van der Waals surface area contributed by atoms with E-state index in [2.05, 4.69) is 27.3 Å². The summed E-state index contributed by atoms with van der Waals surface area (Å²) < 4.78 is 57.8. The third-order valence-electron chi connectivity index (χ3n) is 5.88. The number of aromatic nitrogens is 5. The molecule has 4 aromatic rings.